The summed E-state index contributed by atoms with van der Waals surface area (Å²) in [4.78, 5) is 173. The minimum Gasteiger partial charge on any atom is -0.481 e. The number of urea groups is 2. The van der Waals surface area contributed by atoms with Crippen LogP contribution in [-0.2, 0) is 106 Å². The Morgan fingerprint density at radius 1 is 0.500 bits per heavy atom. The first-order chi connectivity index (χ1) is 59.7. The molecule has 1 aliphatic carbocycles. The number of fused-ring (bicyclic) bond motifs is 2. The highest BCUT2D eigenvalue weighted by Gasteiger charge is 2.36. The van der Waals surface area contributed by atoms with Crippen LogP contribution in [-0.4, -0.2) is 266 Å². The van der Waals surface area contributed by atoms with E-state index in [1.165, 1.54) is 31.9 Å². The summed E-state index contributed by atoms with van der Waals surface area (Å²) in [5.74, 6) is -9.34. The predicted octanol–water partition coefficient (Wildman–Crippen LogP) is 6.97. The van der Waals surface area contributed by atoms with Crippen molar-refractivity contribution < 1.29 is 124 Å². The number of ketones is 4. The van der Waals surface area contributed by atoms with Gasteiger partial charge >= 0.3 is 48.9 Å². The number of hydrogen-bond donors (Lipinski definition) is 12. The average Bonchev–Trinajstić information content (AvgIpc) is 1.19. The van der Waals surface area contributed by atoms with Crippen LogP contribution in [0.15, 0.2) is 97.3 Å². The second kappa shape index (κ2) is 52.3. The van der Waals surface area contributed by atoms with Crippen molar-refractivity contribution in [1.82, 2.24) is 67.2 Å². The molecule has 1 saturated carbocycles. The number of unbranched alkanes of at least 4 members (excludes halogenated alkanes) is 2. The molecule has 2 heterocycles. The molecule has 0 radical (unpaired) electrons. The molecule has 0 aliphatic heterocycles. The molecule has 7 amide bonds. The molecule has 126 heavy (non-hydrogen) atoms. The van der Waals surface area contributed by atoms with Gasteiger partial charge in [0.2, 0.25) is 17.7 Å². The first kappa shape index (κ1) is 103. The van der Waals surface area contributed by atoms with E-state index in [1.54, 1.807) is 4.68 Å². The van der Waals surface area contributed by atoms with E-state index in [2.05, 4.69) is 78.9 Å². The highest BCUT2D eigenvalue weighted by atomic mass is 19.4. The van der Waals surface area contributed by atoms with Gasteiger partial charge in [-0.1, -0.05) is 95.4 Å². The third-order valence-electron chi connectivity index (χ3n) is 21.7. The fourth-order valence-electron chi connectivity index (χ4n) is 14.5. The highest BCUT2D eigenvalue weighted by Crippen LogP contribution is 2.32. The first-order valence-electron chi connectivity index (χ1n) is 42.6. The summed E-state index contributed by atoms with van der Waals surface area (Å²) < 4.78 is 53.1. The molecule has 2 aromatic heterocycles. The van der Waals surface area contributed by atoms with Crippen LogP contribution in [0.5, 0.6) is 0 Å². The number of carbonyl (C=O) groups is 14. The minimum absolute atomic E-state index is 0.0154. The highest BCUT2D eigenvalue weighted by molar-refractivity contribution is 6.58. The molecule has 12 N–H and O–H groups in total. The van der Waals surface area contributed by atoms with Crippen LogP contribution in [0.3, 0.4) is 0 Å². The van der Waals surface area contributed by atoms with Crippen LogP contribution in [0.1, 0.15) is 158 Å². The molecule has 0 bridgehead atoms. The van der Waals surface area contributed by atoms with Gasteiger partial charge in [-0.05, 0) is 149 Å². The molecule has 0 unspecified atom stereocenters. The summed E-state index contributed by atoms with van der Waals surface area (Å²) in [6.45, 7) is 1.70. The Balaban J connectivity index is 0.000000390. The second-order valence-electron chi connectivity index (χ2n) is 33.4. The number of Topliss-reactive ketones (excluding diaryl/α,β-unsaturated/α-hetero) is 4. The lowest BCUT2D eigenvalue weighted by molar-refractivity contribution is -0.902. The number of carbonyl (C=O) groups excluding carboxylic acids is 9. The Hall–Kier alpha value is -11.6. The normalized spacial score (nSPS) is 14.9. The first-order valence-corrected chi connectivity index (χ1v) is 42.6. The third kappa shape index (κ3) is 40.1. The zero-order valence-corrected chi connectivity index (χ0v) is 72.5. The van der Waals surface area contributed by atoms with Crippen LogP contribution in [0.25, 0.3) is 21.5 Å². The van der Waals surface area contributed by atoms with E-state index in [1.807, 2.05) is 91.1 Å². The van der Waals surface area contributed by atoms with E-state index in [4.69, 9.17) is 19.7 Å². The number of quaternary nitrogens is 2. The van der Waals surface area contributed by atoms with E-state index in [-0.39, 0.29) is 175 Å². The summed E-state index contributed by atoms with van der Waals surface area (Å²) in [6, 6.07) is 20.2. The number of aliphatic carboxylic acids is 5. The Bertz CT molecular complexity index is 4630. The summed E-state index contributed by atoms with van der Waals surface area (Å²) in [5.41, 5.74) is 2.97. The Labute approximate surface area is 729 Å². The molecule has 6 aromatic rings. The number of amides is 7. The van der Waals surface area contributed by atoms with E-state index in [0.29, 0.717) is 57.2 Å². The number of aromatic nitrogens is 6. The average molecular weight is 1770 g/mol. The topological polar surface area (TPSA) is 504 Å². The molecule has 0 saturated heterocycles. The van der Waals surface area contributed by atoms with Crippen molar-refractivity contribution in [2.45, 2.75) is 199 Å². The van der Waals surface area contributed by atoms with E-state index >= 15 is 0 Å². The van der Waals surface area contributed by atoms with Gasteiger partial charge in [-0.15, -0.1) is 10.2 Å². The monoisotopic (exact) mass is 1770 g/mol. The SMILES string of the molecule is CC[N+](C)(C)Cc1cn(CC(=O)NCC2CCC(C(=O)C[C@@H](Cc3ccc4ccccc4c3)C(=O)NCCCC[C@H](NC(=O)N[C@@H](CCC(=O)O)C(C)=O)C(=O)O)CC2)nn1.C[N+](C)(Cc1cn(CC(=O)CCCOCCOCCC(=O)C[C@@H](Cc2ccc3ccccc3c2)C(=O)NCCCC[C@H](NC(=O)N[C@@H](CCC(=O)O)C(=O)O)C(=O)O)nn1)C[B-](F)(F)F. The fourth-order valence-corrected chi connectivity index (χ4v) is 14.5. The molecular formula is C86H122BF3N15O21+. The van der Waals surface area contributed by atoms with Gasteiger partial charge in [0.1, 0.15) is 67.3 Å². The molecule has 36 nitrogen and oxygen atoms in total. The molecule has 1 aliphatic rings. The Morgan fingerprint density at radius 2 is 0.952 bits per heavy atom. The summed E-state index contributed by atoms with van der Waals surface area (Å²) in [6.07, 6.45) is 6.44. The molecule has 6 atom stereocenters. The van der Waals surface area contributed by atoms with Crippen LogP contribution >= 0.6 is 0 Å². The van der Waals surface area contributed by atoms with E-state index in [9.17, 15) is 95.4 Å². The van der Waals surface area contributed by atoms with Gasteiger partial charge in [0.25, 0.3) is 0 Å². The van der Waals surface area contributed by atoms with Gasteiger partial charge in [0.15, 0.2) is 11.6 Å². The van der Waals surface area contributed by atoms with Crippen molar-refractivity contribution in [3.63, 3.8) is 0 Å². The standard InChI is InChI=1S/C44H62N8O9.C42H59BF3N7O12/c1-5-52(3,4)28-36-26-51(50-49-36)27-40(55)46-25-30-13-17-33(18-14-30)39(54)24-35(23-31-15-16-32-10-6-7-11-34(32)22-31)42(58)45-21-9-8-12-38(43(59)60)48-44(61)47-37(29(2)53)19-20-41(56)57;1-53(2,28-43(44,45)46)27-33-25-52(51-50-33)26-35(55)10-7-18-64-20-21-65-19-16-34(54)24-32(23-29-12-13-30-8-3-4-9-31(30)22-29)39(58)47-17-6-5-11-36(40(59)60)48-42(63)49-37(41(61)62)14-15-38(56)57/h6-7,10-11,15-16,22,26,30,33,35,37-38H,5,8-9,12-14,17-21,23-25,27-28H2,1-4H3,(H5-,45,46,47,48,55,56,57,58,59,60,61);3-4,8-9,12-13,22,25,32,36-37H,5-7,10-11,14-21,23-24,26-28H2,1-2H3,(H,47,58)(H,56,57)(H,59,60)(H,61,62)(H2,48,49,63)/p+1/t30?,33?,35-,37+,38+;32-,36+,37+/m11/s1. The number of halogens is 3. The molecule has 4 aromatic carbocycles. The van der Waals surface area contributed by atoms with Gasteiger partial charge in [0, 0.05) is 82.5 Å². The lowest BCUT2D eigenvalue weighted by atomic mass is 9.77. The fraction of sp³-hybridized carbons (Fsp3) is 0.558. The van der Waals surface area contributed by atoms with Crippen LogP contribution < -0.4 is 37.2 Å². The van der Waals surface area contributed by atoms with E-state index < -0.39 is 110 Å². The summed E-state index contributed by atoms with van der Waals surface area (Å²) in [5, 5.41) is 84.2. The lowest BCUT2D eigenvalue weighted by Gasteiger charge is -2.33. The predicted molar refractivity (Wildman–Crippen MR) is 456 cm³/mol. The number of carboxylic acid groups (broad SMARTS) is 5. The van der Waals surface area contributed by atoms with Crippen LogP contribution in [0, 0.1) is 23.7 Å². The van der Waals surface area contributed by atoms with Gasteiger partial charge in [-0.3, -0.25) is 43.2 Å². The maximum absolute atomic E-state index is 13.8. The van der Waals surface area contributed by atoms with Gasteiger partial charge < -0.3 is 94.1 Å². The molecular weight excluding hydrogens is 1650 g/mol. The second-order valence-corrected chi connectivity index (χ2v) is 33.4. The van der Waals surface area contributed by atoms with Crippen molar-refractivity contribution in [1.29, 1.82) is 0 Å². The van der Waals surface area contributed by atoms with Gasteiger partial charge in [0.05, 0.1) is 79.4 Å². The maximum Gasteiger partial charge on any atom is 0.531 e. The zero-order chi connectivity index (χ0) is 92.5. The molecule has 40 heteroatoms. The summed E-state index contributed by atoms with van der Waals surface area (Å²) >= 11 is 0. The van der Waals surface area contributed by atoms with E-state index in [0.717, 1.165) is 68.8 Å². The molecule has 690 valence electrons. The minimum atomic E-state index is -4.98. The van der Waals surface area contributed by atoms with Crippen molar-refractivity contribution in [3.05, 3.63) is 120 Å². The van der Waals surface area contributed by atoms with Gasteiger partial charge in [-0.25, -0.2) is 33.3 Å². The van der Waals surface area contributed by atoms with Crippen LogP contribution in [0.2, 0.25) is 0 Å². The molecule has 0 spiro atoms. The number of benzene rings is 4. The summed E-state index contributed by atoms with van der Waals surface area (Å²) in [7, 11) is 7.12. The smallest absolute Gasteiger partial charge is 0.481 e. The third-order valence-corrected chi connectivity index (χ3v) is 21.7. The van der Waals surface area contributed by atoms with Crippen molar-refractivity contribution in [3.8, 4) is 0 Å². The van der Waals surface area contributed by atoms with Crippen molar-refractivity contribution in [2.75, 3.05) is 87.2 Å². The number of rotatable bonds is 58. The number of hydrogen-bond acceptors (Lipinski definition) is 20. The number of nitrogens with one attached hydrogen (secondary N) is 7. The number of ether oxygens (including phenoxy) is 2. The lowest BCUT2D eigenvalue weighted by Crippen LogP contribution is -2.51. The van der Waals surface area contributed by atoms with Crippen molar-refractivity contribution in [2.24, 2.45) is 23.7 Å². The largest absolute Gasteiger partial charge is 0.531 e. The quantitative estimate of drug-likeness (QED) is 0.0104. The molecule has 1 fully saturated rings. The van der Waals surface area contributed by atoms with Gasteiger partial charge in [-0.2, -0.15) is 0 Å². The Morgan fingerprint density at radius 3 is 1.43 bits per heavy atom. The van der Waals surface area contributed by atoms with Crippen molar-refractivity contribution >= 4 is 111 Å². The Kier molecular flexibility index (Phi) is 42.8. The number of carboxylic acids is 5. The maximum atomic E-state index is 13.8. The number of nitrogens with zero attached hydrogens (tertiary/aromatic N) is 8. The zero-order valence-electron chi connectivity index (χ0n) is 72.5. The molecule has 7 rings (SSSR count). The van der Waals surface area contributed by atoms with Crippen LogP contribution in [0.4, 0.5) is 22.5 Å².